The van der Waals surface area contributed by atoms with Crippen molar-refractivity contribution in [2.24, 2.45) is 5.92 Å². The summed E-state index contributed by atoms with van der Waals surface area (Å²) in [4.78, 5) is 0. The van der Waals surface area contributed by atoms with E-state index in [2.05, 4.69) is 0 Å². The summed E-state index contributed by atoms with van der Waals surface area (Å²) in [6, 6.07) is 0. The zero-order chi connectivity index (χ0) is 8.48. The highest BCUT2D eigenvalue weighted by molar-refractivity contribution is 4.78. The molecule has 1 N–H and O–H groups in total. The van der Waals surface area contributed by atoms with Crippen molar-refractivity contribution in [1.29, 1.82) is 0 Å². The van der Waals surface area contributed by atoms with Gasteiger partial charge >= 0.3 is 0 Å². The first kappa shape index (κ1) is 8.87. The number of aliphatic hydroxyl groups excluding tert-OH is 1. The molecule has 0 radical (unpaired) electrons. The van der Waals surface area contributed by atoms with Crippen molar-refractivity contribution < 1.29 is 18.6 Å². The summed E-state index contributed by atoms with van der Waals surface area (Å²) in [7, 11) is 0. The van der Waals surface area contributed by atoms with Crippen molar-refractivity contribution in [2.75, 3.05) is 13.2 Å². The molecule has 1 heterocycles. The summed E-state index contributed by atoms with van der Waals surface area (Å²) in [5, 5.41) is 9.09. The average Bonchev–Trinajstić information content (AvgIpc) is 2.12. The number of ether oxygens (including phenoxy) is 1. The van der Waals surface area contributed by atoms with Crippen LogP contribution in [0.2, 0.25) is 0 Å². The molecule has 1 rings (SSSR count). The van der Waals surface area contributed by atoms with Gasteiger partial charge in [0.25, 0.3) is 0 Å². The molecule has 0 bridgehead atoms. The second kappa shape index (κ2) is 3.03. The molecule has 2 unspecified atom stereocenters. The summed E-state index contributed by atoms with van der Waals surface area (Å²) < 4.78 is 29.6. The maximum Gasteiger partial charge on any atom is 0.245 e. The molecule has 1 aliphatic heterocycles. The van der Waals surface area contributed by atoms with E-state index < -0.39 is 17.9 Å². The Morgan fingerprint density at radius 2 is 2.18 bits per heavy atom. The van der Waals surface area contributed by atoms with Gasteiger partial charge in [-0.2, -0.15) is 0 Å². The van der Waals surface area contributed by atoms with E-state index in [4.69, 9.17) is 9.84 Å². The average molecular weight is 166 g/mol. The second-order valence-corrected chi connectivity index (χ2v) is 3.14. The van der Waals surface area contributed by atoms with E-state index in [1.165, 1.54) is 0 Å². The molecular formula is C7H12F2O2. The Hall–Kier alpha value is -0.220. The third kappa shape index (κ3) is 2.71. The van der Waals surface area contributed by atoms with E-state index in [0.717, 1.165) is 6.92 Å². The normalized spacial score (nSPS) is 32.7. The molecule has 2 nitrogen and oxygen atoms in total. The smallest absolute Gasteiger partial charge is 0.245 e. The van der Waals surface area contributed by atoms with E-state index in [-0.39, 0.29) is 19.6 Å². The minimum atomic E-state index is -2.70. The lowest BCUT2D eigenvalue weighted by Crippen LogP contribution is -2.25. The Bertz CT molecular complexity index is 133. The Labute approximate surface area is 64.2 Å². The van der Waals surface area contributed by atoms with Crippen LogP contribution in [0.15, 0.2) is 0 Å². The second-order valence-electron chi connectivity index (χ2n) is 3.14. The highest BCUT2D eigenvalue weighted by atomic mass is 19.3. The first-order chi connectivity index (χ1) is 4.99. The molecule has 0 spiro atoms. The predicted molar refractivity (Wildman–Crippen MR) is 35.6 cm³/mol. The molecule has 1 saturated heterocycles. The SMILES string of the molecule is CC(F)(F)CC1COCC1O. The van der Waals surface area contributed by atoms with E-state index in [9.17, 15) is 8.78 Å². The van der Waals surface area contributed by atoms with Crippen molar-refractivity contribution >= 4 is 0 Å². The maximum absolute atomic E-state index is 12.4. The molecule has 0 aromatic heterocycles. The fourth-order valence-corrected chi connectivity index (χ4v) is 1.24. The lowest BCUT2D eigenvalue weighted by molar-refractivity contribution is -0.0184. The quantitative estimate of drug-likeness (QED) is 0.664. The van der Waals surface area contributed by atoms with Crippen LogP contribution in [0.3, 0.4) is 0 Å². The Kier molecular flexibility index (Phi) is 2.44. The fraction of sp³-hybridized carbons (Fsp3) is 1.00. The maximum atomic E-state index is 12.4. The zero-order valence-electron chi connectivity index (χ0n) is 6.39. The van der Waals surface area contributed by atoms with Crippen LogP contribution in [0.5, 0.6) is 0 Å². The lowest BCUT2D eigenvalue weighted by atomic mass is 9.99. The van der Waals surface area contributed by atoms with Crippen LogP contribution in [0, 0.1) is 5.92 Å². The molecule has 2 atom stereocenters. The standard InChI is InChI=1S/C7H12F2O2/c1-7(8,9)2-5-3-11-4-6(5)10/h5-6,10H,2-4H2,1H3. The topological polar surface area (TPSA) is 29.5 Å². The van der Waals surface area contributed by atoms with Crippen molar-refractivity contribution in [3.8, 4) is 0 Å². The number of hydrogen-bond acceptors (Lipinski definition) is 2. The monoisotopic (exact) mass is 166 g/mol. The first-order valence-corrected chi connectivity index (χ1v) is 3.63. The van der Waals surface area contributed by atoms with Crippen LogP contribution < -0.4 is 0 Å². The Morgan fingerprint density at radius 3 is 2.55 bits per heavy atom. The number of alkyl halides is 2. The molecule has 0 saturated carbocycles. The van der Waals surface area contributed by atoms with Crippen molar-refractivity contribution in [1.82, 2.24) is 0 Å². The van der Waals surface area contributed by atoms with Gasteiger partial charge in [-0.05, 0) is 6.92 Å². The van der Waals surface area contributed by atoms with Gasteiger partial charge in [0.05, 0.1) is 19.3 Å². The summed E-state index contributed by atoms with van der Waals surface area (Å²) in [6.45, 7) is 1.31. The number of halogens is 2. The van der Waals surface area contributed by atoms with Gasteiger partial charge in [0.1, 0.15) is 0 Å². The zero-order valence-corrected chi connectivity index (χ0v) is 6.39. The van der Waals surface area contributed by atoms with Gasteiger partial charge < -0.3 is 9.84 Å². The summed E-state index contributed by atoms with van der Waals surface area (Å²) >= 11 is 0. The molecule has 0 aromatic carbocycles. The Balaban J connectivity index is 2.37. The van der Waals surface area contributed by atoms with Crippen LogP contribution in [-0.2, 0) is 4.74 Å². The van der Waals surface area contributed by atoms with E-state index >= 15 is 0 Å². The molecule has 66 valence electrons. The van der Waals surface area contributed by atoms with Gasteiger partial charge in [-0.3, -0.25) is 0 Å². The minimum absolute atomic E-state index is 0.195. The lowest BCUT2D eigenvalue weighted by Gasteiger charge is -2.16. The van der Waals surface area contributed by atoms with Crippen LogP contribution in [0.4, 0.5) is 8.78 Å². The number of rotatable bonds is 2. The van der Waals surface area contributed by atoms with Gasteiger partial charge in [0.2, 0.25) is 5.92 Å². The van der Waals surface area contributed by atoms with Crippen LogP contribution >= 0.6 is 0 Å². The molecular weight excluding hydrogens is 154 g/mol. The van der Waals surface area contributed by atoms with Crippen molar-refractivity contribution in [3.63, 3.8) is 0 Å². The third-order valence-electron chi connectivity index (χ3n) is 1.79. The van der Waals surface area contributed by atoms with E-state index in [1.807, 2.05) is 0 Å². The first-order valence-electron chi connectivity index (χ1n) is 3.63. The minimum Gasteiger partial charge on any atom is -0.390 e. The summed E-state index contributed by atoms with van der Waals surface area (Å²) in [6.07, 6.45) is -0.991. The molecule has 0 aromatic rings. The fourth-order valence-electron chi connectivity index (χ4n) is 1.24. The predicted octanol–water partition coefficient (Wildman–Crippen LogP) is 1.04. The molecule has 1 aliphatic rings. The number of aliphatic hydroxyl groups is 1. The van der Waals surface area contributed by atoms with Gasteiger partial charge in [-0.15, -0.1) is 0 Å². The molecule has 1 fully saturated rings. The number of hydrogen-bond donors (Lipinski definition) is 1. The van der Waals surface area contributed by atoms with Crippen LogP contribution in [-0.4, -0.2) is 30.3 Å². The van der Waals surface area contributed by atoms with Gasteiger partial charge in [-0.25, -0.2) is 8.78 Å². The van der Waals surface area contributed by atoms with Gasteiger partial charge in [0.15, 0.2) is 0 Å². The molecule has 0 amide bonds. The summed E-state index contributed by atoms with van der Waals surface area (Å²) in [5.74, 6) is -3.09. The molecule has 4 heteroatoms. The van der Waals surface area contributed by atoms with Crippen LogP contribution in [0.1, 0.15) is 13.3 Å². The van der Waals surface area contributed by atoms with Crippen molar-refractivity contribution in [3.05, 3.63) is 0 Å². The molecule has 0 aliphatic carbocycles. The Morgan fingerprint density at radius 1 is 1.55 bits per heavy atom. The van der Waals surface area contributed by atoms with E-state index in [0.29, 0.717) is 0 Å². The van der Waals surface area contributed by atoms with E-state index in [1.54, 1.807) is 0 Å². The van der Waals surface area contributed by atoms with Gasteiger partial charge in [0, 0.05) is 12.3 Å². The van der Waals surface area contributed by atoms with Gasteiger partial charge in [-0.1, -0.05) is 0 Å². The highest BCUT2D eigenvalue weighted by Crippen LogP contribution is 2.27. The largest absolute Gasteiger partial charge is 0.390 e. The summed E-state index contributed by atoms with van der Waals surface area (Å²) in [5.41, 5.74) is 0. The third-order valence-corrected chi connectivity index (χ3v) is 1.79. The van der Waals surface area contributed by atoms with Crippen molar-refractivity contribution in [2.45, 2.75) is 25.4 Å². The highest BCUT2D eigenvalue weighted by Gasteiger charge is 2.34. The van der Waals surface area contributed by atoms with Crippen LogP contribution in [0.25, 0.3) is 0 Å². The molecule has 11 heavy (non-hydrogen) atoms.